The van der Waals surface area contributed by atoms with Crippen molar-refractivity contribution in [2.45, 2.75) is 25.4 Å². The van der Waals surface area contributed by atoms with Crippen molar-refractivity contribution in [1.82, 2.24) is 10.2 Å². The molecule has 108 valence electrons. The van der Waals surface area contributed by atoms with Crippen LogP contribution in [-0.4, -0.2) is 18.6 Å². The van der Waals surface area contributed by atoms with Crippen LogP contribution in [0.15, 0.2) is 27.8 Å². The maximum absolute atomic E-state index is 12.3. The summed E-state index contributed by atoms with van der Waals surface area (Å²) in [5, 5.41) is 6.18. The molecule has 1 aromatic heterocycles. The van der Waals surface area contributed by atoms with Gasteiger partial charge in [0.2, 0.25) is 0 Å². The van der Waals surface area contributed by atoms with E-state index in [-0.39, 0.29) is 11.6 Å². The number of aromatic nitrogens is 2. The van der Waals surface area contributed by atoms with Crippen LogP contribution in [0.3, 0.4) is 0 Å². The van der Waals surface area contributed by atoms with Gasteiger partial charge in [0.05, 0.1) is 6.20 Å². The molecule has 0 fully saturated rings. The van der Waals surface area contributed by atoms with Crippen LogP contribution < -0.4 is 10.5 Å². The lowest BCUT2D eigenvalue weighted by Crippen LogP contribution is -2.16. The molecule has 0 aliphatic carbocycles. The molecule has 0 aliphatic heterocycles. The smallest absolute Gasteiger partial charge is 0.279 e. The Kier molecular flexibility index (Phi) is 4.17. The molecule has 0 saturated heterocycles. The lowest BCUT2D eigenvalue weighted by molar-refractivity contribution is 0.596. The summed E-state index contributed by atoms with van der Waals surface area (Å²) in [5.74, 6) is 0. The number of rotatable bonds is 4. The highest BCUT2D eigenvalue weighted by molar-refractivity contribution is 9.10. The molecule has 8 heteroatoms. The number of sulfonamides is 1. The Bertz CT molecular complexity index is 717. The zero-order valence-corrected chi connectivity index (χ0v) is 13.5. The first-order valence-electron chi connectivity index (χ1n) is 5.87. The topological polar surface area (TPSA) is 101 Å². The van der Waals surface area contributed by atoms with E-state index < -0.39 is 10.0 Å². The van der Waals surface area contributed by atoms with Crippen molar-refractivity contribution in [2.24, 2.45) is 5.73 Å². The van der Waals surface area contributed by atoms with E-state index in [4.69, 9.17) is 5.73 Å². The van der Waals surface area contributed by atoms with Gasteiger partial charge in [0, 0.05) is 22.3 Å². The lowest BCUT2D eigenvalue weighted by atomic mass is 10.1. The monoisotopic (exact) mass is 358 g/mol. The van der Waals surface area contributed by atoms with Gasteiger partial charge in [0.15, 0.2) is 5.03 Å². The first-order chi connectivity index (χ1) is 9.35. The second-order valence-corrected chi connectivity index (χ2v) is 6.87. The van der Waals surface area contributed by atoms with Gasteiger partial charge in [0.25, 0.3) is 10.0 Å². The first-order valence-corrected chi connectivity index (χ1v) is 8.14. The molecule has 0 radical (unpaired) electrons. The summed E-state index contributed by atoms with van der Waals surface area (Å²) in [6.45, 7) is 3.90. The number of H-pyrrole nitrogens is 1. The van der Waals surface area contributed by atoms with Crippen molar-refractivity contribution in [1.29, 1.82) is 0 Å². The van der Waals surface area contributed by atoms with Gasteiger partial charge in [-0.15, -0.1) is 0 Å². The van der Waals surface area contributed by atoms with Gasteiger partial charge in [-0.1, -0.05) is 15.9 Å². The summed E-state index contributed by atoms with van der Waals surface area (Å²) in [5.41, 5.74) is 8.34. The molecule has 0 saturated carbocycles. The van der Waals surface area contributed by atoms with Gasteiger partial charge in [-0.25, -0.2) is 0 Å². The van der Waals surface area contributed by atoms with Crippen molar-refractivity contribution in [3.05, 3.63) is 39.5 Å². The molecule has 0 unspecified atom stereocenters. The Hall–Kier alpha value is -1.38. The molecule has 4 N–H and O–H groups in total. The number of halogens is 1. The molecule has 20 heavy (non-hydrogen) atoms. The third-order valence-corrected chi connectivity index (χ3v) is 5.50. The van der Waals surface area contributed by atoms with Gasteiger partial charge in [0.1, 0.15) is 0 Å². The average Bonchev–Trinajstić information content (AvgIpc) is 2.84. The Balaban J connectivity index is 2.39. The van der Waals surface area contributed by atoms with Crippen LogP contribution >= 0.6 is 15.9 Å². The minimum Gasteiger partial charge on any atom is -0.326 e. The van der Waals surface area contributed by atoms with Crippen LogP contribution in [-0.2, 0) is 16.6 Å². The molecule has 0 atom stereocenters. The number of hydrogen-bond acceptors (Lipinski definition) is 4. The number of nitrogens with two attached hydrogens (primary N) is 1. The van der Waals surface area contributed by atoms with Gasteiger partial charge in [-0.2, -0.15) is 13.5 Å². The minimum atomic E-state index is -3.72. The number of benzene rings is 1. The Morgan fingerprint density at radius 2 is 1.95 bits per heavy atom. The third kappa shape index (κ3) is 2.87. The van der Waals surface area contributed by atoms with Crippen LogP contribution in [0.1, 0.15) is 16.7 Å². The number of aromatic amines is 1. The largest absolute Gasteiger partial charge is 0.326 e. The predicted molar refractivity (Wildman–Crippen MR) is 80.9 cm³/mol. The van der Waals surface area contributed by atoms with E-state index in [1.165, 1.54) is 6.20 Å². The second kappa shape index (κ2) is 5.55. The average molecular weight is 359 g/mol. The van der Waals surface area contributed by atoms with E-state index in [0.717, 1.165) is 15.6 Å². The van der Waals surface area contributed by atoms with E-state index in [2.05, 4.69) is 30.8 Å². The molecule has 2 rings (SSSR count). The maximum Gasteiger partial charge on any atom is 0.279 e. The van der Waals surface area contributed by atoms with Crippen LogP contribution in [0.4, 0.5) is 5.69 Å². The van der Waals surface area contributed by atoms with Gasteiger partial charge in [-0.3, -0.25) is 9.82 Å². The first kappa shape index (κ1) is 15.0. The predicted octanol–water partition coefficient (Wildman–Crippen LogP) is 2.05. The normalized spacial score (nSPS) is 11.6. The fourth-order valence-corrected chi connectivity index (χ4v) is 3.30. The second-order valence-electron chi connectivity index (χ2n) is 4.46. The van der Waals surface area contributed by atoms with E-state index in [1.807, 2.05) is 13.8 Å². The van der Waals surface area contributed by atoms with Crippen molar-refractivity contribution >= 4 is 31.6 Å². The molecule has 0 aliphatic rings. The fourth-order valence-electron chi connectivity index (χ4n) is 1.89. The zero-order chi connectivity index (χ0) is 14.9. The maximum atomic E-state index is 12.3. The highest BCUT2D eigenvalue weighted by atomic mass is 79.9. The minimum absolute atomic E-state index is 0.00164. The molecule has 6 nitrogen and oxygen atoms in total. The molecule has 0 spiro atoms. The molecular weight excluding hydrogens is 344 g/mol. The molecular formula is C12H15BrN4O2S. The Morgan fingerprint density at radius 1 is 1.35 bits per heavy atom. The van der Waals surface area contributed by atoms with E-state index >= 15 is 0 Å². The van der Waals surface area contributed by atoms with Crippen LogP contribution in [0.2, 0.25) is 0 Å². The van der Waals surface area contributed by atoms with Crippen molar-refractivity contribution in [2.75, 3.05) is 4.72 Å². The fraction of sp³-hybridized carbons (Fsp3) is 0.250. The summed E-state index contributed by atoms with van der Waals surface area (Å²) in [6.07, 6.45) is 1.41. The summed E-state index contributed by atoms with van der Waals surface area (Å²) < 4.78 is 28.1. The number of anilines is 1. The molecule has 0 bridgehead atoms. The van der Waals surface area contributed by atoms with E-state index in [0.29, 0.717) is 11.3 Å². The lowest BCUT2D eigenvalue weighted by Gasteiger charge is -2.11. The number of hydrogen-bond donors (Lipinski definition) is 3. The van der Waals surface area contributed by atoms with Crippen molar-refractivity contribution < 1.29 is 8.42 Å². The van der Waals surface area contributed by atoms with Gasteiger partial charge < -0.3 is 5.73 Å². The molecule has 2 aromatic rings. The number of nitrogens with zero attached hydrogens (tertiary/aromatic N) is 1. The SMILES string of the molecule is Cc1cc(NS(=O)(=O)c2[nH]ncc2CN)cc(C)c1Br. The van der Waals surface area contributed by atoms with Crippen LogP contribution in [0, 0.1) is 13.8 Å². The molecule has 1 heterocycles. The van der Waals surface area contributed by atoms with Crippen LogP contribution in [0.25, 0.3) is 0 Å². The summed E-state index contributed by atoms with van der Waals surface area (Å²) in [7, 11) is -3.72. The number of nitrogens with one attached hydrogen (secondary N) is 2. The summed E-state index contributed by atoms with van der Waals surface area (Å²) >= 11 is 3.44. The van der Waals surface area contributed by atoms with Gasteiger partial charge in [-0.05, 0) is 37.1 Å². The Labute approximate surface area is 125 Å². The van der Waals surface area contributed by atoms with E-state index in [1.54, 1.807) is 12.1 Å². The Morgan fingerprint density at radius 3 is 2.50 bits per heavy atom. The molecule has 0 amide bonds. The summed E-state index contributed by atoms with van der Waals surface area (Å²) in [6, 6.07) is 3.51. The van der Waals surface area contributed by atoms with Gasteiger partial charge >= 0.3 is 0 Å². The highest BCUT2D eigenvalue weighted by Crippen LogP contribution is 2.26. The van der Waals surface area contributed by atoms with Crippen molar-refractivity contribution in [3.63, 3.8) is 0 Å². The standard InChI is InChI=1S/C12H15BrN4O2S/c1-7-3-10(4-8(2)11(7)13)17-20(18,19)12-9(5-14)6-15-16-12/h3-4,6,17H,5,14H2,1-2H3,(H,15,16). The quantitative estimate of drug-likeness (QED) is 0.778. The van der Waals surface area contributed by atoms with Crippen LogP contribution in [0.5, 0.6) is 0 Å². The zero-order valence-electron chi connectivity index (χ0n) is 11.1. The third-order valence-electron chi connectivity index (χ3n) is 2.86. The number of aryl methyl sites for hydroxylation is 2. The van der Waals surface area contributed by atoms with Crippen molar-refractivity contribution in [3.8, 4) is 0 Å². The summed E-state index contributed by atoms with van der Waals surface area (Å²) in [4.78, 5) is 0. The highest BCUT2D eigenvalue weighted by Gasteiger charge is 2.20. The van der Waals surface area contributed by atoms with E-state index in [9.17, 15) is 8.42 Å². The molecule has 1 aromatic carbocycles.